The highest BCUT2D eigenvalue weighted by Crippen LogP contribution is 2.12. The maximum atomic E-state index is 13.6. The van der Waals surface area contributed by atoms with Crippen LogP contribution in [-0.4, -0.2) is 54.2 Å². The zero-order valence-corrected chi connectivity index (χ0v) is 24.7. The summed E-state index contributed by atoms with van der Waals surface area (Å²) in [7, 11) is 0. The fourth-order valence-corrected chi connectivity index (χ4v) is 4.32. The molecular formula is C32H46N4O4. The number of rotatable bonds is 16. The van der Waals surface area contributed by atoms with Gasteiger partial charge in [-0.05, 0) is 23.5 Å². The average Bonchev–Trinajstić information content (AvgIpc) is 2.91. The SMILES string of the molecule is CC(C)C[C@H](NC(=O)[C@H](Cc1ccccc1)NC(=O)[C@H](Cc1ccccc1)NC(=O)CNC(C)C)C(=O)C(C)C. The van der Waals surface area contributed by atoms with Crippen molar-refractivity contribution in [3.05, 3.63) is 71.8 Å². The monoisotopic (exact) mass is 550 g/mol. The summed E-state index contributed by atoms with van der Waals surface area (Å²) < 4.78 is 0. The summed E-state index contributed by atoms with van der Waals surface area (Å²) in [5, 5.41) is 11.7. The predicted molar refractivity (Wildman–Crippen MR) is 159 cm³/mol. The molecule has 0 radical (unpaired) electrons. The van der Waals surface area contributed by atoms with E-state index in [0.717, 1.165) is 11.1 Å². The van der Waals surface area contributed by atoms with Crippen molar-refractivity contribution in [2.24, 2.45) is 11.8 Å². The second-order valence-electron chi connectivity index (χ2n) is 11.3. The molecule has 40 heavy (non-hydrogen) atoms. The Bertz CT molecular complexity index is 1090. The molecule has 0 aliphatic carbocycles. The summed E-state index contributed by atoms with van der Waals surface area (Å²) >= 11 is 0. The normalized spacial score (nSPS) is 13.5. The fourth-order valence-electron chi connectivity index (χ4n) is 4.32. The molecule has 2 aromatic rings. The Balaban J connectivity index is 2.30. The molecule has 0 aliphatic heterocycles. The van der Waals surface area contributed by atoms with Gasteiger partial charge < -0.3 is 21.3 Å². The molecule has 0 saturated carbocycles. The Morgan fingerprint density at radius 1 is 0.625 bits per heavy atom. The van der Waals surface area contributed by atoms with Crippen LogP contribution in [0.15, 0.2) is 60.7 Å². The molecule has 2 rings (SSSR count). The van der Waals surface area contributed by atoms with E-state index in [1.807, 2.05) is 102 Å². The first-order chi connectivity index (χ1) is 19.0. The molecule has 3 amide bonds. The number of carbonyl (C=O) groups excluding carboxylic acids is 4. The molecule has 0 saturated heterocycles. The van der Waals surface area contributed by atoms with Crippen molar-refractivity contribution in [3.63, 3.8) is 0 Å². The first-order valence-electron chi connectivity index (χ1n) is 14.2. The van der Waals surface area contributed by atoms with Crippen molar-refractivity contribution >= 4 is 23.5 Å². The lowest BCUT2D eigenvalue weighted by Gasteiger charge is -2.27. The van der Waals surface area contributed by atoms with Gasteiger partial charge in [0.25, 0.3) is 0 Å². The molecule has 4 N–H and O–H groups in total. The van der Waals surface area contributed by atoms with Gasteiger partial charge in [-0.1, -0.05) is 102 Å². The Kier molecular flexibility index (Phi) is 13.5. The van der Waals surface area contributed by atoms with E-state index in [0.29, 0.717) is 6.42 Å². The lowest BCUT2D eigenvalue weighted by molar-refractivity contribution is -0.134. The molecule has 3 atom stereocenters. The Hall–Kier alpha value is -3.52. The maximum Gasteiger partial charge on any atom is 0.243 e. The molecular weight excluding hydrogens is 504 g/mol. The van der Waals surface area contributed by atoms with Gasteiger partial charge in [0, 0.05) is 24.8 Å². The van der Waals surface area contributed by atoms with Crippen LogP contribution in [0.25, 0.3) is 0 Å². The highest BCUT2D eigenvalue weighted by atomic mass is 16.2. The van der Waals surface area contributed by atoms with Crippen LogP contribution in [0.1, 0.15) is 59.1 Å². The summed E-state index contributed by atoms with van der Waals surface area (Å²) in [4.78, 5) is 52.8. The van der Waals surface area contributed by atoms with E-state index in [1.165, 1.54) is 0 Å². The van der Waals surface area contributed by atoms with Crippen molar-refractivity contribution in [1.82, 2.24) is 21.3 Å². The van der Waals surface area contributed by atoms with Gasteiger partial charge in [-0.25, -0.2) is 0 Å². The Morgan fingerprint density at radius 2 is 1.07 bits per heavy atom. The molecule has 0 spiro atoms. The van der Waals surface area contributed by atoms with E-state index < -0.39 is 29.9 Å². The van der Waals surface area contributed by atoms with Crippen molar-refractivity contribution in [2.75, 3.05) is 6.54 Å². The third-order valence-corrected chi connectivity index (χ3v) is 6.46. The zero-order valence-electron chi connectivity index (χ0n) is 24.7. The number of Topliss-reactive ketones (excluding diaryl/α,β-unsaturated/α-hetero) is 1. The number of amides is 3. The van der Waals surface area contributed by atoms with Crippen molar-refractivity contribution in [3.8, 4) is 0 Å². The third kappa shape index (κ3) is 11.7. The lowest BCUT2D eigenvalue weighted by atomic mass is 9.93. The van der Waals surface area contributed by atoms with Crippen LogP contribution in [0.5, 0.6) is 0 Å². The minimum Gasteiger partial charge on any atom is -0.344 e. The largest absolute Gasteiger partial charge is 0.344 e. The molecule has 2 aromatic carbocycles. The first kappa shape index (κ1) is 32.7. The van der Waals surface area contributed by atoms with Crippen molar-refractivity contribution < 1.29 is 19.2 Å². The van der Waals surface area contributed by atoms with Gasteiger partial charge in [0.05, 0.1) is 12.6 Å². The van der Waals surface area contributed by atoms with Crippen LogP contribution < -0.4 is 21.3 Å². The summed E-state index contributed by atoms with van der Waals surface area (Å²) in [6.07, 6.45) is 1.01. The molecule has 8 heteroatoms. The van der Waals surface area contributed by atoms with Crippen LogP contribution in [-0.2, 0) is 32.0 Å². The number of nitrogens with one attached hydrogen (secondary N) is 4. The quantitative estimate of drug-likeness (QED) is 0.256. The molecule has 218 valence electrons. The second kappa shape index (κ2) is 16.6. The van der Waals surface area contributed by atoms with Crippen molar-refractivity contribution in [1.29, 1.82) is 0 Å². The summed E-state index contributed by atoms with van der Waals surface area (Å²) in [5.41, 5.74) is 1.74. The smallest absolute Gasteiger partial charge is 0.243 e. The predicted octanol–water partition coefficient (Wildman–Crippen LogP) is 3.20. The molecule has 8 nitrogen and oxygen atoms in total. The number of hydrogen-bond donors (Lipinski definition) is 4. The van der Waals surface area contributed by atoms with Crippen LogP contribution in [0.4, 0.5) is 0 Å². The Labute approximate surface area is 239 Å². The standard InChI is InChI=1S/C32H46N4O4/c1-21(2)17-26(30(38)22(3)4)35-32(40)28(19-25-15-11-8-12-16-25)36-31(39)27(18-24-13-9-7-10-14-24)34-29(37)20-33-23(5)6/h7-16,21-23,26-28,33H,17-20H2,1-6H3,(H,34,37)(H,35,40)(H,36,39)/t26-,27-,28-/m0/s1. The maximum absolute atomic E-state index is 13.6. The van der Waals surface area contributed by atoms with Gasteiger partial charge in [-0.15, -0.1) is 0 Å². The van der Waals surface area contributed by atoms with Crippen LogP contribution in [0, 0.1) is 11.8 Å². The molecule has 0 bridgehead atoms. The van der Waals surface area contributed by atoms with E-state index in [2.05, 4.69) is 21.3 Å². The summed E-state index contributed by atoms with van der Waals surface area (Å²) in [6.45, 7) is 11.6. The fraction of sp³-hybridized carbons (Fsp3) is 0.500. The van der Waals surface area contributed by atoms with Crippen LogP contribution >= 0.6 is 0 Å². The van der Waals surface area contributed by atoms with E-state index in [9.17, 15) is 19.2 Å². The summed E-state index contributed by atoms with van der Waals surface area (Å²) in [5.74, 6) is -1.29. The van der Waals surface area contributed by atoms with E-state index >= 15 is 0 Å². The zero-order chi connectivity index (χ0) is 29.7. The minimum absolute atomic E-state index is 0.0429. The van der Waals surface area contributed by atoms with Gasteiger partial charge in [0.2, 0.25) is 17.7 Å². The van der Waals surface area contributed by atoms with E-state index in [4.69, 9.17) is 0 Å². The number of ketones is 1. The first-order valence-corrected chi connectivity index (χ1v) is 14.2. The molecule has 0 heterocycles. The highest BCUT2D eigenvalue weighted by molar-refractivity contribution is 5.95. The van der Waals surface area contributed by atoms with E-state index in [1.54, 1.807) is 0 Å². The molecule has 0 aliphatic rings. The average molecular weight is 551 g/mol. The molecule has 0 aromatic heterocycles. The number of hydrogen-bond acceptors (Lipinski definition) is 5. The van der Waals surface area contributed by atoms with Crippen LogP contribution in [0.2, 0.25) is 0 Å². The third-order valence-electron chi connectivity index (χ3n) is 6.46. The van der Waals surface area contributed by atoms with Gasteiger partial charge >= 0.3 is 0 Å². The van der Waals surface area contributed by atoms with E-state index in [-0.39, 0.29) is 49.0 Å². The topological polar surface area (TPSA) is 116 Å². The van der Waals surface area contributed by atoms with Gasteiger partial charge in [-0.3, -0.25) is 19.2 Å². The summed E-state index contributed by atoms with van der Waals surface area (Å²) in [6, 6.07) is 16.4. The number of benzene rings is 2. The second-order valence-corrected chi connectivity index (χ2v) is 11.3. The lowest BCUT2D eigenvalue weighted by Crippen LogP contribution is -2.57. The molecule has 0 fully saturated rings. The van der Waals surface area contributed by atoms with Crippen LogP contribution in [0.3, 0.4) is 0 Å². The minimum atomic E-state index is -0.937. The number of carbonyl (C=O) groups is 4. The van der Waals surface area contributed by atoms with Gasteiger partial charge in [0.15, 0.2) is 5.78 Å². The van der Waals surface area contributed by atoms with Crippen molar-refractivity contribution in [2.45, 2.75) is 85.0 Å². The highest BCUT2D eigenvalue weighted by Gasteiger charge is 2.31. The van der Waals surface area contributed by atoms with Gasteiger partial charge in [-0.2, -0.15) is 0 Å². The Morgan fingerprint density at radius 3 is 1.50 bits per heavy atom. The molecule has 0 unspecified atom stereocenters. The van der Waals surface area contributed by atoms with Gasteiger partial charge in [0.1, 0.15) is 12.1 Å².